The van der Waals surface area contributed by atoms with E-state index in [4.69, 9.17) is 35.4 Å². The molecule has 4 amide bonds. The lowest BCUT2D eigenvalue weighted by Gasteiger charge is -2.30. The van der Waals surface area contributed by atoms with Gasteiger partial charge < -0.3 is 40.6 Å². The highest BCUT2D eigenvalue weighted by molar-refractivity contribution is 9.11. The molecule has 1 aliphatic rings. The Bertz CT molecular complexity index is 3110. The van der Waals surface area contributed by atoms with Crippen molar-refractivity contribution in [3.63, 3.8) is 0 Å². The Hall–Kier alpha value is -5.59. The lowest BCUT2D eigenvalue weighted by atomic mass is 10.2. The number of ether oxygens (including phenoxy) is 4. The van der Waals surface area contributed by atoms with E-state index in [1.165, 1.54) is 6.20 Å². The number of carbonyl (C=O) groups is 4. The number of nitrogens with two attached hydrogens (primary N) is 2. The molecule has 0 radical (unpaired) electrons. The second-order valence-electron chi connectivity index (χ2n) is 25.4. The van der Waals surface area contributed by atoms with Crippen LogP contribution in [-0.4, -0.2) is 137 Å². The number of nitrogens with zero attached hydrogens (tertiary/aromatic N) is 11. The Labute approximate surface area is 532 Å². The number of hydrogen-bond donors (Lipinski definition) is 3. The number of amides is 4. The molecule has 22 nitrogen and oxygen atoms in total. The first kappa shape index (κ1) is 74.5. The Morgan fingerprint density at radius 3 is 1.14 bits per heavy atom. The molecule has 5 heterocycles. The third kappa shape index (κ3) is 30.0. The van der Waals surface area contributed by atoms with Gasteiger partial charge in [-0.05, 0) is 147 Å². The maximum absolute atomic E-state index is 13.1. The van der Waals surface area contributed by atoms with Crippen molar-refractivity contribution in [3.8, 4) is 34.4 Å². The van der Waals surface area contributed by atoms with E-state index in [1.54, 1.807) is 102 Å². The third-order valence-electron chi connectivity index (χ3n) is 8.80. The van der Waals surface area contributed by atoms with E-state index >= 15 is 0 Å². The minimum atomic E-state index is -1.79. The Morgan fingerprint density at radius 2 is 0.798 bits per heavy atom. The second kappa shape index (κ2) is 31.2. The molecule has 5 N–H and O–H groups in total. The molecule has 0 bridgehead atoms. The van der Waals surface area contributed by atoms with Gasteiger partial charge in [0.1, 0.15) is 70.9 Å². The SMILES string of the molecule is CC(C)(C)OC(=O)N(C(=O)OC(C)(C)C)c1ncc(Br)nc1C#C[Si](C)(C)C.CC(C)(C)OC(=O)N(C(=O)OC(C)(C)C)c1ncc(N2CCNCC2)nc1C#C[Si](C)(C)C.C[Si](C)(C)C#Cc1nc(Br)cnc1N.Nc1ncc(Br)nc1Br. The van der Waals surface area contributed by atoms with Crippen LogP contribution in [0.25, 0.3) is 0 Å². The zero-order valence-electron chi connectivity index (χ0n) is 52.0. The largest absolute Gasteiger partial charge is 0.443 e. The van der Waals surface area contributed by atoms with Crippen molar-refractivity contribution in [3.05, 3.63) is 60.3 Å². The summed E-state index contributed by atoms with van der Waals surface area (Å²) in [6.07, 6.45) is 2.45. The number of anilines is 5. The Balaban J connectivity index is 0.000000421. The van der Waals surface area contributed by atoms with Crippen molar-refractivity contribution in [1.29, 1.82) is 0 Å². The summed E-state index contributed by atoms with van der Waals surface area (Å²) in [7, 11) is -4.91. The van der Waals surface area contributed by atoms with Gasteiger partial charge in [-0.2, -0.15) is 9.80 Å². The predicted octanol–water partition coefficient (Wildman–Crippen LogP) is 12.6. The van der Waals surface area contributed by atoms with Gasteiger partial charge in [-0.3, -0.25) is 0 Å². The average Bonchev–Trinajstić information content (AvgIpc) is 2.96. The maximum Gasteiger partial charge on any atom is 0.425 e. The molecule has 84 heavy (non-hydrogen) atoms. The molecule has 0 aromatic carbocycles. The van der Waals surface area contributed by atoms with Gasteiger partial charge in [-0.1, -0.05) is 76.7 Å². The van der Waals surface area contributed by atoms with Crippen molar-refractivity contribution in [2.24, 2.45) is 0 Å². The smallest absolute Gasteiger partial charge is 0.425 e. The van der Waals surface area contributed by atoms with E-state index < -0.39 is 71.0 Å². The first-order valence-electron chi connectivity index (χ1n) is 26.3. The molecule has 1 aliphatic heterocycles. The molecule has 0 unspecified atom stereocenters. The van der Waals surface area contributed by atoms with Gasteiger partial charge in [0.2, 0.25) is 0 Å². The van der Waals surface area contributed by atoms with Gasteiger partial charge in [0.25, 0.3) is 0 Å². The van der Waals surface area contributed by atoms with E-state index in [2.05, 4.69) is 202 Å². The highest BCUT2D eigenvalue weighted by Crippen LogP contribution is 2.27. The molecule has 1 fully saturated rings. The van der Waals surface area contributed by atoms with Gasteiger partial charge in [0.15, 0.2) is 40.4 Å². The van der Waals surface area contributed by atoms with Gasteiger partial charge in [-0.25, -0.2) is 59.0 Å². The van der Waals surface area contributed by atoms with Crippen molar-refractivity contribution in [1.82, 2.24) is 45.2 Å². The number of nitrogen functional groups attached to an aromatic ring is 2. The topological polar surface area (TPSA) is 282 Å². The lowest BCUT2D eigenvalue weighted by molar-refractivity contribution is 0.0406. The Morgan fingerprint density at radius 1 is 0.488 bits per heavy atom. The summed E-state index contributed by atoms with van der Waals surface area (Å²) in [6, 6.07) is 0. The van der Waals surface area contributed by atoms with E-state index in [1.807, 2.05) is 0 Å². The number of nitrogens with one attached hydrogen (secondary N) is 1. The molecule has 5 rings (SSSR count). The van der Waals surface area contributed by atoms with Crippen LogP contribution in [0.4, 0.5) is 48.3 Å². The summed E-state index contributed by atoms with van der Waals surface area (Å²) >= 11 is 12.7. The van der Waals surface area contributed by atoms with Crippen molar-refractivity contribution >= 4 is 141 Å². The van der Waals surface area contributed by atoms with E-state index in [0.717, 1.165) is 36.0 Å². The normalized spacial score (nSPS) is 12.6. The first-order chi connectivity index (χ1) is 38.1. The van der Waals surface area contributed by atoms with Gasteiger partial charge in [0.05, 0.1) is 24.8 Å². The number of hydrogen-bond acceptors (Lipinski definition) is 20. The molecule has 0 saturated carbocycles. The minimum Gasteiger partial charge on any atom is -0.443 e. The average molecular weight is 1470 g/mol. The van der Waals surface area contributed by atoms with E-state index in [-0.39, 0.29) is 23.0 Å². The molecule has 4 aromatic heterocycles. The molecular weight excluding hydrogens is 1390 g/mol. The summed E-state index contributed by atoms with van der Waals surface area (Å²) in [4.78, 5) is 89.0. The fourth-order valence-electron chi connectivity index (χ4n) is 5.57. The van der Waals surface area contributed by atoms with E-state index in [9.17, 15) is 19.2 Å². The van der Waals surface area contributed by atoms with Crippen LogP contribution in [0.15, 0.2) is 43.2 Å². The fourth-order valence-corrected chi connectivity index (χ4v) is 8.42. The molecule has 4 aromatic rings. The zero-order chi connectivity index (χ0) is 64.6. The summed E-state index contributed by atoms with van der Waals surface area (Å²) in [6.45, 7) is 42.8. The van der Waals surface area contributed by atoms with Crippen LogP contribution < -0.4 is 31.5 Å². The second-order valence-corrected chi connectivity index (χ2v) is 42.8. The van der Waals surface area contributed by atoms with Gasteiger partial charge in [-0.15, -0.1) is 16.6 Å². The van der Waals surface area contributed by atoms with Crippen LogP contribution in [0.5, 0.6) is 0 Å². The highest BCUT2D eigenvalue weighted by atomic mass is 79.9. The number of imide groups is 2. The van der Waals surface area contributed by atoms with Crippen LogP contribution in [0.1, 0.15) is 100 Å². The molecule has 29 heteroatoms. The number of piperazine rings is 1. The summed E-state index contributed by atoms with van der Waals surface area (Å²) in [5, 5.41) is 3.30. The summed E-state index contributed by atoms with van der Waals surface area (Å²) in [5.74, 6) is 10.4. The van der Waals surface area contributed by atoms with Crippen LogP contribution in [0, 0.1) is 34.4 Å². The monoisotopic (exact) mass is 1460 g/mol. The van der Waals surface area contributed by atoms with Crippen LogP contribution >= 0.6 is 63.7 Å². The standard InChI is InChI=1S/C23H37N5O4Si.C19H28BrN3O4Si.C9H12BrN3Si.C4H3Br2N3/c1-22(2,3)31-20(29)28(21(30)32-23(4,5)6)19-17(10-15-33(7,8)9)26-18(16-25-19)27-13-11-24-12-14-27;1-18(2,3)26-16(24)23(17(25)27-19(4,5)6)15-13(10-11-28(7,8)9)22-14(20)12-21-15;1-14(2,3)5-4-7-9(11)12-6-8(10)13-7;5-2-1-8-4(7)3(6)9-2/h16,24H,11-14H2,1-9H3;12H,1-9H3;6H,1-3H3,(H2,11,12);1H,(H2,7,8). The maximum atomic E-state index is 13.1. The van der Waals surface area contributed by atoms with Crippen LogP contribution in [-0.2, 0) is 18.9 Å². The third-order valence-corrected chi connectivity index (χ3v) is 13.2. The quantitative estimate of drug-likeness (QED) is 0.0976. The molecular formula is C55H80Br4N14O8Si3. The first-order valence-corrected chi connectivity index (χ1v) is 40.0. The van der Waals surface area contributed by atoms with Gasteiger partial charge >= 0.3 is 24.4 Å². The lowest BCUT2D eigenvalue weighted by Crippen LogP contribution is -2.45. The number of aromatic nitrogens is 8. The van der Waals surface area contributed by atoms with Crippen molar-refractivity contribution < 1.29 is 38.1 Å². The van der Waals surface area contributed by atoms with Crippen molar-refractivity contribution in [2.45, 2.75) is 164 Å². The summed E-state index contributed by atoms with van der Waals surface area (Å²) < 4.78 is 24.1. The fraction of sp³-hybridized carbons (Fsp3) is 0.527. The molecule has 0 atom stereocenters. The van der Waals surface area contributed by atoms with E-state index in [0.29, 0.717) is 41.6 Å². The number of halogens is 4. The number of rotatable bonds is 3. The molecule has 1 saturated heterocycles. The Kier molecular flexibility index (Phi) is 27.7. The van der Waals surface area contributed by atoms with Crippen LogP contribution in [0.2, 0.25) is 58.9 Å². The zero-order valence-corrected chi connectivity index (χ0v) is 61.3. The highest BCUT2D eigenvalue weighted by Gasteiger charge is 2.37. The van der Waals surface area contributed by atoms with Gasteiger partial charge in [0, 0.05) is 26.2 Å². The minimum absolute atomic E-state index is 0.00290. The molecule has 0 spiro atoms. The molecule has 458 valence electrons. The predicted molar refractivity (Wildman–Crippen MR) is 353 cm³/mol. The number of carbonyl (C=O) groups excluding carboxylic acids is 4. The summed E-state index contributed by atoms with van der Waals surface area (Å²) in [5.41, 5.74) is 18.3. The van der Waals surface area contributed by atoms with Crippen LogP contribution in [0.3, 0.4) is 0 Å². The van der Waals surface area contributed by atoms with Crippen molar-refractivity contribution in [2.75, 3.05) is 52.3 Å². The molecule has 0 aliphatic carbocycles.